The molecule has 4 atom stereocenters. The first kappa shape index (κ1) is 32.0. The predicted molar refractivity (Wildman–Crippen MR) is 183 cm³/mol. The molecule has 7 nitrogen and oxygen atoms in total. The van der Waals surface area contributed by atoms with Gasteiger partial charge in [-0.05, 0) is 129 Å². The normalized spacial score (nSPS) is 20.3. The van der Waals surface area contributed by atoms with Gasteiger partial charge in [-0.2, -0.15) is 0 Å². The number of rotatable bonds is 9. The number of nitrogens with one attached hydrogen (secondary N) is 3. The van der Waals surface area contributed by atoms with Crippen molar-refractivity contribution in [3.63, 3.8) is 0 Å². The molecular weight excluding hydrogens is 572 g/mol. The van der Waals surface area contributed by atoms with Gasteiger partial charge in [0.2, 0.25) is 17.7 Å². The van der Waals surface area contributed by atoms with Gasteiger partial charge in [-0.15, -0.1) is 0 Å². The van der Waals surface area contributed by atoms with E-state index in [4.69, 9.17) is 0 Å². The third-order valence-electron chi connectivity index (χ3n) is 10.4. The highest BCUT2D eigenvalue weighted by atomic mass is 16.2. The number of likely N-dealkylation sites (tertiary alicyclic amines) is 1. The predicted octanol–water partition coefficient (Wildman–Crippen LogP) is 5.89. The number of nitrogens with zero attached hydrogens (tertiary/aromatic N) is 1. The molecule has 0 radical (unpaired) electrons. The van der Waals surface area contributed by atoms with Crippen molar-refractivity contribution in [2.75, 3.05) is 13.6 Å². The molecule has 0 bridgehead atoms. The van der Waals surface area contributed by atoms with Crippen LogP contribution in [0.5, 0.6) is 0 Å². The molecule has 1 heterocycles. The van der Waals surface area contributed by atoms with Gasteiger partial charge >= 0.3 is 0 Å². The molecule has 6 rings (SSSR count). The van der Waals surface area contributed by atoms with Crippen LogP contribution in [0.2, 0.25) is 0 Å². The molecule has 0 unspecified atom stereocenters. The largest absolute Gasteiger partial charge is 0.347 e. The minimum Gasteiger partial charge on any atom is -0.347 e. The molecule has 242 valence electrons. The van der Waals surface area contributed by atoms with E-state index in [-0.39, 0.29) is 23.8 Å². The molecule has 3 aromatic rings. The summed E-state index contributed by atoms with van der Waals surface area (Å²) in [4.78, 5) is 41.5. The number of carbonyl (C=O) groups excluding carboxylic acids is 3. The van der Waals surface area contributed by atoms with Gasteiger partial charge in [0, 0.05) is 6.54 Å². The fourth-order valence-electron chi connectivity index (χ4n) is 7.71. The lowest BCUT2D eigenvalue weighted by atomic mass is 9.82. The minimum absolute atomic E-state index is 0.101. The highest BCUT2D eigenvalue weighted by molar-refractivity contribution is 5.93. The van der Waals surface area contributed by atoms with Crippen LogP contribution in [0.1, 0.15) is 87.1 Å². The van der Waals surface area contributed by atoms with Crippen molar-refractivity contribution in [3.8, 4) is 22.3 Å². The van der Waals surface area contributed by atoms with E-state index >= 15 is 0 Å². The highest BCUT2D eigenvalue weighted by Gasteiger charge is 2.38. The molecule has 7 heteroatoms. The average Bonchev–Trinajstić information content (AvgIpc) is 3.60. The molecule has 0 spiro atoms. The molecule has 1 aliphatic heterocycles. The van der Waals surface area contributed by atoms with Crippen molar-refractivity contribution in [2.45, 2.75) is 102 Å². The first-order valence-electron chi connectivity index (χ1n) is 17.3. The summed E-state index contributed by atoms with van der Waals surface area (Å²) in [5.74, 6) is -0.497. The highest BCUT2D eigenvalue weighted by Crippen LogP contribution is 2.39. The van der Waals surface area contributed by atoms with E-state index in [1.165, 1.54) is 63.8 Å². The monoisotopic (exact) mass is 620 g/mol. The van der Waals surface area contributed by atoms with Crippen LogP contribution in [-0.2, 0) is 33.6 Å². The molecule has 3 amide bonds. The number of carbonyl (C=O) groups is 3. The Morgan fingerprint density at radius 2 is 1.54 bits per heavy atom. The quantitative estimate of drug-likeness (QED) is 0.279. The maximum absolute atomic E-state index is 13.8. The molecular formula is C39H48N4O3. The third kappa shape index (κ3) is 6.48. The summed E-state index contributed by atoms with van der Waals surface area (Å²) in [7, 11) is 1.72. The van der Waals surface area contributed by atoms with Gasteiger partial charge in [0.15, 0.2) is 0 Å². The summed E-state index contributed by atoms with van der Waals surface area (Å²) >= 11 is 0. The summed E-state index contributed by atoms with van der Waals surface area (Å²) < 4.78 is 0. The van der Waals surface area contributed by atoms with Crippen LogP contribution in [0.15, 0.2) is 60.7 Å². The fourth-order valence-corrected chi connectivity index (χ4v) is 7.71. The zero-order valence-electron chi connectivity index (χ0n) is 27.5. The Kier molecular flexibility index (Phi) is 9.88. The van der Waals surface area contributed by atoms with Crippen molar-refractivity contribution < 1.29 is 14.4 Å². The lowest BCUT2D eigenvalue weighted by Crippen LogP contribution is -2.55. The standard InChI is InChI=1S/C39H48N4O3/c1-4-34(41-37(44)25(2)40-3)39(46)43-23-11-22-36(43)38(45)42-35-21-10-19-32-31(18-9-20-33(32)35)28-15-7-14-27(24-28)30-17-8-13-26-12-5-6-16-29(26)30/h7-9,13-15,17-18,20,24-25,34-36,40H,4-6,10-12,16,19,21-23H2,1-3H3,(H,41,44)(H,42,45)/t25-,34-,35+,36-/m0/s1. The number of aryl methyl sites for hydroxylation is 1. The van der Waals surface area contributed by atoms with E-state index in [1.807, 2.05) is 6.92 Å². The summed E-state index contributed by atoms with van der Waals surface area (Å²) in [6.45, 7) is 4.17. The maximum Gasteiger partial charge on any atom is 0.245 e. The zero-order chi connectivity index (χ0) is 32.2. The molecule has 46 heavy (non-hydrogen) atoms. The molecule has 2 aliphatic carbocycles. The van der Waals surface area contributed by atoms with Crippen LogP contribution in [0.3, 0.4) is 0 Å². The number of amides is 3. The van der Waals surface area contributed by atoms with Gasteiger partial charge in [0.1, 0.15) is 12.1 Å². The van der Waals surface area contributed by atoms with Gasteiger partial charge < -0.3 is 20.9 Å². The Labute approximate surface area is 273 Å². The number of hydrogen-bond acceptors (Lipinski definition) is 4. The van der Waals surface area contributed by atoms with Crippen LogP contribution in [0.4, 0.5) is 0 Å². The van der Waals surface area contributed by atoms with Gasteiger partial charge in [0.25, 0.3) is 0 Å². The Hall–Kier alpha value is -3.97. The average molecular weight is 621 g/mol. The minimum atomic E-state index is -0.646. The molecule has 3 aromatic carbocycles. The molecule has 0 saturated carbocycles. The lowest BCUT2D eigenvalue weighted by Gasteiger charge is -2.32. The summed E-state index contributed by atoms with van der Waals surface area (Å²) in [5.41, 5.74) is 10.5. The molecule has 1 fully saturated rings. The molecule has 3 aliphatic rings. The van der Waals surface area contributed by atoms with Crippen molar-refractivity contribution in [3.05, 3.63) is 82.9 Å². The topological polar surface area (TPSA) is 90.5 Å². The van der Waals surface area contributed by atoms with Gasteiger partial charge in [-0.1, -0.05) is 61.5 Å². The van der Waals surface area contributed by atoms with Crippen LogP contribution >= 0.6 is 0 Å². The number of likely N-dealkylation sites (N-methyl/N-ethyl adjacent to an activating group) is 1. The first-order chi connectivity index (χ1) is 22.4. The van der Waals surface area contributed by atoms with Crippen molar-refractivity contribution >= 4 is 17.7 Å². The second-order valence-corrected chi connectivity index (χ2v) is 13.2. The lowest BCUT2D eigenvalue weighted by molar-refractivity contribution is -0.141. The fraction of sp³-hybridized carbons (Fsp3) is 0.462. The summed E-state index contributed by atoms with van der Waals surface area (Å²) in [5, 5.41) is 9.14. The zero-order valence-corrected chi connectivity index (χ0v) is 27.5. The van der Waals surface area contributed by atoms with E-state index in [9.17, 15) is 14.4 Å². The van der Waals surface area contributed by atoms with Crippen molar-refractivity contribution in [2.24, 2.45) is 0 Å². The van der Waals surface area contributed by atoms with Crippen LogP contribution in [0, 0.1) is 0 Å². The van der Waals surface area contributed by atoms with Crippen LogP contribution in [0.25, 0.3) is 22.3 Å². The van der Waals surface area contributed by atoms with E-state index in [1.54, 1.807) is 18.9 Å². The van der Waals surface area contributed by atoms with Crippen molar-refractivity contribution in [1.29, 1.82) is 0 Å². The number of hydrogen-bond donors (Lipinski definition) is 3. The van der Waals surface area contributed by atoms with E-state index in [0.717, 1.165) is 32.1 Å². The SMILES string of the molecule is CC[C@H](NC(=O)[C@H](C)NC)C(=O)N1CCC[C@H]1C(=O)N[C@@H]1CCCc2c(-c3cccc(-c4cccc5c4CCCC5)c3)cccc21. The summed E-state index contributed by atoms with van der Waals surface area (Å²) in [6.07, 6.45) is 9.53. The smallest absolute Gasteiger partial charge is 0.245 e. The van der Waals surface area contributed by atoms with Gasteiger partial charge in [-0.3, -0.25) is 14.4 Å². The first-order valence-corrected chi connectivity index (χ1v) is 17.3. The van der Waals surface area contributed by atoms with Gasteiger partial charge in [-0.25, -0.2) is 0 Å². The Morgan fingerprint density at radius 1 is 0.848 bits per heavy atom. The summed E-state index contributed by atoms with van der Waals surface area (Å²) in [6, 6.07) is 20.5. The molecule has 1 saturated heterocycles. The van der Waals surface area contributed by atoms with Crippen LogP contribution < -0.4 is 16.0 Å². The second kappa shape index (κ2) is 14.2. The number of benzene rings is 3. The van der Waals surface area contributed by atoms with E-state index in [0.29, 0.717) is 19.4 Å². The van der Waals surface area contributed by atoms with Gasteiger partial charge in [0.05, 0.1) is 12.1 Å². The molecule has 3 N–H and O–H groups in total. The van der Waals surface area contributed by atoms with E-state index in [2.05, 4.69) is 76.6 Å². The van der Waals surface area contributed by atoms with Crippen LogP contribution in [-0.4, -0.2) is 54.3 Å². The number of fused-ring (bicyclic) bond motifs is 2. The third-order valence-corrected chi connectivity index (χ3v) is 10.4. The maximum atomic E-state index is 13.8. The van der Waals surface area contributed by atoms with Crippen molar-refractivity contribution in [1.82, 2.24) is 20.9 Å². The second-order valence-electron chi connectivity index (χ2n) is 13.2. The molecule has 0 aromatic heterocycles. The Morgan fingerprint density at radius 3 is 2.30 bits per heavy atom. The Bertz CT molecular complexity index is 1600. The Balaban J connectivity index is 1.21. The van der Waals surface area contributed by atoms with E-state index < -0.39 is 18.1 Å².